The molecule has 0 spiro atoms. The van der Waals surface area contributed by atoms with Crippen molar-refractivity contribution in [2.75, 3.05) is 11.9 Å². The highest BCUT2D eigenvalue weighted by Gasteiger charge is 2.23. The summed E-state index contributed by atoms with van der Waals surface area (Å²) in [5.74, 6) is -1.04. The Bertz CT molecular complexity index is 987. The van der Waals surface area contributed by atoms with Crippen LogP contribution in [0.3, 0.4) is 0 Å². The monoisotopic (exact) mass is 410 g/mol. The molecule has 0 aliphatic rings. The largest absolute Gasteiger partial charge is 0.462 e. The standard InChI is InChI=1S/C23H26N2O3S/c1-7-28-22(27)19-14(2)15(3)29-21(19)25-20(26)17(13-24)12-16-8-10-18(11-9-16)23(4,5)6/h8-12H,7H2,1-6H3,(H,25,26)/b17-12-. The molecule has 0 bridgehead atoms. The van der Waals surface area contributed by atoms with Crippen LogP contribution in [0, 0.1) is 25.2 Å². The van der Waals surface area contributed by atoms with E-state index >= 15 is 0 Å². The first-order valence-electron chi connectivity index (χ1n) is 9.39. The van der Waals surface area contributed by atoms with Gasteiger partial charge in [0.15, 0.2) is 0 Å². The first-order valence-corrected chi connectivity index (χ1v) is 10.2. The average Bonchev–Trinajstić information content (AvgIpc) is 2.93. The van der Waals surface area contributed by atoms with Crippen LogP contribution in [0.25, 0.3) is 6.08 Å². The van der Waals surface area contributed by atoms with Crippen LogP contribution in [-0.4, -0.2) is 18.5 Å². The van der Waals surface area contributed by atoms with E-state index in [9.17, 15) is 14.9 Å². The van der Waals surface area contributed by atoms with E-state index in [2.05, 4.69) is 26.1 Å². The summed E-state index contributed by atoms with van der Waals surface area (Å²) in [4.78, 5) is 25.9. The molecule has 0 fully saturated rings. The van der Waals surface area contributed by atoms with Crippen LogP contribution in [0.2, 0.25) is 0 Å². The molecule has 29 heavy (non-hydrogen) atoms. The summed E-state index contributed by atoms with van der Waals surface area (Å²) in [6.45, 7) is 12.0. The highest BCUT2D eigenvalue weighted by atomic mass is 32.1. The number of thiophene rings is 1. The SMILES string of the molecule is CCOC(=O)c1c(NC(=O)/C(C#N)=C\c2ccc(C(C)(C)C)cc2)sc(C)c1C. The molecule has 2 rings (SSSR count). The van der Waals surface area contributed by atoms with Gasteiger partial charge in [-0.2, -0.15) is 5.26 Å². The van der Waals surface area contributed by atoms with Crippen molar-refractivity contribution in [3.8, 4) is 6.07 Å². The van der Waals surface area contributed by atoms with E-state index in [1.165, 1.54) is 16.9 Å². The number of nitrogens with zero attached hydrogens (tertiary/aromatic N) is 1. The van der Waals surface area contributed by atoms with E-state index in [0.29, 0.717) is 10.6 Å². The predicted octanol–water partition coefficient (Wildman–Crippen LogP) is 5.38. The van der Waals surface area contributed by atoms with Crippen LogP contribution in [0.15, 0.2) is 29.8 Å². The van der Waals surface area contributed by atoms with Crippen molar-refractivity contribution in [1.29, 1.82) is 5.26 Å². The number of nitriles is 1. The zero-order valence-electron chi connectivity index (χ0n) is 17.7. The van der Waals surface area contributed by atoms with Gasteiger partial charge in [0.1, 0.15) is 16.6 Å². The lowest BCUT2D eigenvalue weighted by Gasteiger charge is -2.18. The molecular formula is C23H26N2O3S. The molecular weight excluding hydrogens is 384 g/mol. The Kier molecular flexibility index (Phi) is 6.99. The summed E-state index contributed by atoms with van der Waals surface area (Å²) < 4.78 is 5.10. The number of benzene rings is 1. The maximum atomic E-state index is 12.7. The Morgan fingerprint density at radius 1 is 1.21 bits per heavy atom. The van der Waals surface area contributed by atoms with Gasteiger partial charge in [-0.15, -0.1) is 11.3 Å². The zero-order valence-corrected chi connectivity index (χ0v) is 18.5. The maximum absolute atomic E-state index is 12.7. The lowest BCUT2D eigenvalue weighted by atomic mass is 9.86. The van der Waals surface area contributed by atoms with E-state index in [1.807, 2.05) is 44.2 Å². The number of esters is 1. The van der Waals surface area contributed by atoms with Crippen molar-refractivity contribution in [3.63, 3.8) is 0 Å². The second-order valence-electron chi connectivity index (χ2n) is 7.70. The number of anilines is 1. The Labute approximate surface area is 176 Å². The van der Waals surface area contributed by atoms with Crippen LogP contribution >= 0.6 is 11.3 Å². The molecule has 2 aromatic rings. The number of carbonyl (C=O) groups excluding carboxylic acids is 2. The molecule has 1 aromatic carbocycles. The molecule has 1 aromatic heterocycles. The number of amides is 1. The number of nitrogens with one attached hydrogen (secondary N) is 1. The normalized spacial score (nSPS) is 11.7. The maximum Gasteiger partial charge on any atom is 0.341 e. The molecule has 0 atom stereocenters. The van der Waals surface area contributed by atoms with Gasteiger partial charge in [0.2, 0.25) is 0 Å². The topological polar surface area (TPSA) is 79.2 Å². The summed E-state index contributed by atoms with van der Waals surface area (Å²) in [5, 5.41) is 12.6. The first-order chi connectivity index (χ1) is 13.6. The molecule has 0 aliphatic carbocycles. The first kappa shape index (κ1) is 22.4. The zero-order chi connectivity index (χ0) is 21.8. The van der Waals surface area contributed by atoms with E-state index in [-0.39, 0.29) is 17.6 Å². The van der Waals surface area contributed by atoms with E-state index in [0.717, 1.165) is 16.0 Å². The summed E-state index contributed by atoms with van der Waals surface area (Å²) in [7, 11) is 0. The minimum Gasteiger partial charge on any atom is -0.462 e. The van der Waals surface area contributed by atoms with Gasteiger partial charge in [-0.3, -0.25) is 4.79 Å². The van der Waals surface area contributed by atoms with Gasteiger partial charge in [0, 0.05) is 4.88 Å². The number of hydrogen-bond donors (Lipinski definition) is 1. The predicted molar refractivity (Wildman–Crippen MR) is 117 cm³/mol. The van der Waals surface area contributed by atoms with Crippen LogP contribution in [0.5, 0.6) is 0 Å². The Morgan fingerprint density at radius 3 is 2.34 bits per heavy atom. The molecule has 5 nitrogen and oxygen atoms in total. The number of rotatable bonds is 5. The summed E-state index contributed by atoms with van der Waals surface area (Å²) in [5.41, 5.74) is 3.02. The van der Waals surface area contributed by atoms with Gasteiger partial charge in [-0.1, -0.05) is 45.0 Å². The quantitative estimate of drug-likeness (QED) is 0.407. The van der Waals surface area contributed by atoms with Crippen molar-refractivity contribution in [2.24, 2.45) is 0 Å². The minimum atomic E-state index is -0.556. The van der Waals surface area contributed by atoms with Crippen molar-refractivity contribution >= 4 is 34.3 Å². The lowest BCUT2D eigenvalue weighted by molar-refractivity contribution is -0.112. The van der Waals surface area contributed by atoms with Gasteiger partial charge in [0.05, 0.1) is 12.2 Å². The highest BCUT2D eigenvalue weighted by Crippen LogP contribution is 2.33. The third kappa shape index (κ3) is 5.33. The fourth-order valence-corrected chi connectivity index (χ4v) is 3.77. The molecule has 0 unspecified atom stereocenters. The number of aryl methyl sites for hydroxylation is 1. The van der Waals surface area contributed by atoms with E-state index in [1.54, 1.807) is 13.0 Å². The Balaban J connectivity index is 2.30. The fraction of sp³-hybridized carbons (Fsp3) is 0.348. The minimum absolute atomic E-state index is 0.0239. The van der Waals surface area contributed by atoms with E-state index < -0.39 is 11.9 Å². The van der Waals surface area contributed by atoms with Crippen LogP contribution in [0.1, 0.15) is 59.6 Å². The second kappa shape index (κ2) is 9.06. The molecule has 0 radical (unpaired) electrons. The summed E-state index contributed by atoms with van der Waals surface area (Å²) in [6, 6.07) is 9.69. The van der Waals surface area contributed by atoms with Crippen molar-refractivity contribution in [1.82, 2.24) is 0 Å². The van der Waals surface area contributed by atoms with Crippen molar-refractivity contribution in [2.45, 2.75) is 47.0 Å². The average molecular weight is 411 g/mol. The molecule has 152 valence electrons. The van der Waals surface area contributed by atoms with Gasteiger partial charge in [0.25, 0.3) is 5.91 Å². The molecule has 0 saturated heterocycles. The van der Waals surface area contributed by atoms with Crippen molar-refractivity contribution in [3.05, 3.63) is 57.0 Å². The highest BCUT2D eigenvalue weighted by molar-refractivity contribution is 7.16. The smallest absolute Gasteiger partial charge is 0.341 e. The second-order valence-corrected chi connectivity index (χ2v) is 8.93. The number of ether oxygens (including phenoxy) is 1. The Hall–Kier alpha value is -2.91. The van der Waals surface area contributed by atoms with Gasteiger partial charge in [-0.05, 0) is 49.0 Å². The third-order valence-corrected chi connectivity index (χ3v) is 5.67. The fourth-order valence-electron chi connectivity index (χ4n) is 2.73. The van der Waals surface area contributed by atoms with Crippen LogP contribution < -0.4 is 5.32 Å². The van der Waals surface area contributed by atoms with Gasteiger partial charge in [-0.25, -0.2) is 4.79 Å². The molecule has 1 N–H and O–H groups in total. The van der Waals surface area contributed by atoms with Crippen LogP contribution in [0.4, 0.5) is 5.00 Å². The number of carbonyl (C=O) groups is 2. The van der Waals surface area contributed by atoms with E-state index in [4.69, 9.17) is 4.74 Å². The summed E-state index contributed by atoms with van der Waals surface area (Å²) >= 11 is 1.29. The number of hydrogen-bond acceptors (Lipinski definition) is 5. The summed E-state index contributed by atoms with van der Waals surface area (Å²) in [6.07, 6.45) is 1.54. The molecule has 1 amide bonds. The molecule has 1 heterocycles. The van der Waals surface area contributed by atoms with Crippen molar-refractivity contribution < 1.29 is 14.3 Å². The van der Waals surface area contributed by atoms with Crippen LogP contribution in [-0.2, 0) is 14.9 Å². The molecule has 6 heteroatoms. The Morgan fingerprint density at radius 2 is 1.83 bits per heavy atom. The molecule has 0 saturated carbocycles. The molecule has 0 aliphatic heterocycles. The third-order valence-electron chi connectivity index (χ3n) is 4.54. The van der Waals surface area contributed by atoms with Gasteiger partial charge < -0.3 is 10.1 Å². The van der Waals surface area contributed by atoms with Gasteiger partial charge >= 0.3 is 5.97 Å². The lowest BCUT2D eigenvalue weighted by Crippen LogP contribution is -2.16.